The van der Waals surface area contributed by atoms with Gasteiger partial charge in [-0.25, -0.2) is 18.5 Å². The Morgan fingerprint density at radius 3 is 2.36 bits per heavy atom. The molecule has 1 aliphatic carbocycles. The molecule has 0 amide bonds. The molecular weight excluding hydrogens is 730 g/mol. The minimum absolute atomic E-state index is 0.0662. The fraction of sp³-hybridized carbons (Fsp3) is 0.590. The zero-order valence-electron chi connectivity index (χ0n) is 31.1. The monoisotopic (exact) mass is 780 g/mol. The summed E-state index contributed by atoms with van der Waals surface area (Å²) >= 11 is 0. The lowest BCUT2D eigenvalue weighted by Gasteiger charge is -2.29. The number of phosphoric ester groups is 1. The van der Waals surface area contributed by atoms with Gasteiger partial charge >= 0.3 is 7.82 Å². The highest BCUT2D eigenvalue weighted by atomic mass is 31.2. The van der Waals surface area contributed by atoms with Crippen molar-refractivity contribution in [2.75, 3.05) is 12.3 Å². The molecule has 2 fully saturated rings. The number of hydrogen-bond donors (Lipinski definition) is 4. The van der Waals surface area contributed by atoms with Crippen molar-refractivity contribution >= 4 is 19.2 Å². The Morgan fingerprint density at radius 1 is 1.05 bits per heavy atom. The predicted octanol–water partition coefficient (Wildman–Crippen LogP) is 6.12. The van der Waals surface area contributed by atoms with E-state index in [1.54, 1.807) is 6.07 Å². The summed E-state index contributed by atoms with van der Waals surface area (Å²) in [5, 5.41) is 45.8. The number of nitriles is 2. The lowest BCUT2D eigenvalue weighted by atomic mass is 9.90. The quantitative estimate of drug-likeness (QED) is 0.0514. The molecule has 2 unspecified atom stereocenters. The van der Waals surface area contributed by atoms with E-state index >= 15 is 0 Å². The van der Waals surface area contributed by atoms with Gasteiger partial charge in [0.05, 0.1) is 30.6 Å². The van der Waals surface area contributed by atoms with Crippen molar-refractivity contribution in [1.29, 1.82) is 10.5 Å². The first kappa shape index (κ1) is 42.2. The molecule has 5 rings (SSSR count). The van der Waals surface area contributed by atoms with Gasteiger partial charge in [0.1, 0.15) is 48.1 Å². The summed E-state index contributed by atoms with van der Waals surface area (Å²) in [5.74, 6) is 5.58. The number of nitrogens with zero attached hydrogens (tertiary/aromatic N) is 5. The van der Waals surface area contributed by atoms with Crippen molar-refractivity contribution in [1.82, 2.24) is 14.6 Å². The van der Waals surface area contributed by atoms with Gasteiger partial charge in [0.25, 0.3) is 0 Å². The summed E-state index contributed by atoms with van der Waals surface area (Å²) in [6.07, 6.45) is 11.2. The largest absolute Gasteiger partial charge is 0.472 e. The van der Waals surface area contributed by atoms with Gasteiger partial charge in [-0.05, 0) is 36.2 Å². The number of unbranched alkanes of at least 4 members (excludes halogenated alkanes) is 12. The molecule has 1 aromatic carbocycles. The first-order chi connectivity index (χ1) is 26.5. The van der Waals surface area contributed by atoms with E-state index in [2.05, 4.69) is 28.8 Å². The molecule has 16 heteroatoms. The smallest absolute Gasteiger partial charge is 0.385 e. The second-order valence-corrected chi connectivity index (χ2v) is 15.6. The van der Waals surface area contributed by atoms with Crippen molar-refractivity contribution in [3.8, 4) is 24.0 Å². The molecule has 1 aliphatic heterocycles. The second kappa shape index (κ2) is 19.3. The maximum Gasteiger partial charge on any atom is 0.472 e. The van der Waals surface area contributed by atoms with Crippen LogP contribution in [0.3, 0.4) is 0 Å². The molecule has 2 aromatic heterocycles. The Labute approximate surface area is 321 Å². The number of benzene rings is 1. The van der Waals surface area contributed by atoms with Gasteiger partial charge < -0.3 is 30.3 Å². The second-order valence-electron chi connectivity index (χ2n) is 14.2. The van der Waals surface area contributed by atoms with Crippen molar-refractivity contribution in [3.05, 3.63) is 59.3 Å². The maximum absolute atomic E-state index is 14.2. The molecule has 14 nitrogen and oxygen atoms in total. The van der Waals surface area contributed by atoms with Gasteiger partial charge in [-0.1, -0.05) is 83.6 Å². The first-order valence-electron chi connectivity index (χ1n) is 19.0. The molecule has 0 spiro atoms. The van der Waals surface area contributed by atoms with Crippen molar-refractivity contribution in [2.45, 2.75) is 139 Å². The standard InChI is InChI=1S/C39H50FN6O8P/c1-2-3-4-5-6-7-8-9-10-11-12-13-14-15-16-17-30(51-24-28-18-19-29(23-41)31(40)22-28)25-52-55(49,50)54-35-34-39(35,48)37(47)38(26-42,53-34)33-21-20-32-36(43)44-27-45-46(32)33/h18-22,27,30,34-35,37,47-48H,2-14,17,24-25H2,1H3,(H,49,50)(H2,43,44,45)/t30-,34-,35?,37+,38+,39+/m1/s1. The summed E-state index contributed by atoms with van der Waals surface area (Å²) in [6, 6.07) is 10.7. The highest BCUT2D eigenvalue weighted by Crippen LogP contribution is 2.63. The van der Waals surface area contributed by atoms with E-state index < -0.39 is 55.9 Å². The van der Waals surface area contributed by atoms with Crippen molar-refractivity contribution in [2.24, 2.45) is 0 Å². The molecule has 0 radical (unpaired) electrons. The molecule has 2 aliphatic rings. The number of phosphoric acid groups is 1. The minimum atomic E-state index is -4.91. The SMILES string of the molecule is CCCCCCCCCCCCCCC#CC[C@H](COP(=O)(O)OC1[C@H]2O[C@@](C#N)(c3ccc4c(N)ncnn34)[C@H](O)[C@@]12O)OCc1ccc(C#N)c(F)c1. The summed E-state index contributed by atoms with van der Waals surface area (Å²) in [7, 11) is -4.91. The number of nitrogens with two attached hydrogens (primary N) is 1. The molecule has 1 saturated heterocycles. The van der Waals surface area contributed by atoms with Crippen LogP contribution in [0.25, 0.3) is 5.52 Å². The van der Waals surface area contributed by atoms with E-state index in [1.165, 1.54) is 92.6 Å². The number of rotatable bonds is 22. The molecule has 5 N–H and O–H groups in total. The van der Waals surface area contributed by atoms with Crippen LogP contribution in [-0.2, 0) is 35.3 Å². The highest BCUT2D eigenvalue weighted by molar-refractivity contribution is 7.47. The van der Waals surface area contributed by atoms with Crippen LogP contribution in [-0.4, -0.2) is 66.3 Å². The van der Waals surface area contributed by atoms with Crippen LogP contribution in [0.2, 0.25) is 0 Å². The first-order valence-corrected chi connectivity index (χ1v) is 20.5. The van der Waals surface area contributed by atoms with Gasteiger partial charge in [-0.15, -0.1) is 11.8 Å². The van der Waals surface area contributed by atoms with Crippen LogP contribution in [0, 0.1) is 40.3 Å². The number of aromatic nitrogens is 3. The van der Waals surface area contributed by atoms with Crippen LogP contribution in [0.5, 0.6) is 0 Å². The van der Waals surface area contributed by atoms with E-state index in [0.29, 0.717) is 17.5 Å². The highest BCUT2D eigenvalue weighted by Gasteiger charge is 2.83. The average Bonchev–Trinajstić information content (AvgIpc) is 3.41. The van der Waals surface area contributed by atoms with Crippen molar-refractivity contribution < 1.29 is 42.6 Å². The normalized spacial score (nSPS) is 24.3. The summed E-state index contributed by atoms with van der Waals surface area (Å²) in [4.78, 5) is 14.5. The molecule has 0 bridgehead atoms. The number of nitrogen functional groups attached to an aromatic ring is 1. The molecular formula is C39H50FN6O8P. The van der Waals surface area contributed by atoms with Gasteiger partial charge in [-0.2, -0.15) is 15.6 Å². The summed E-state index contributed by atoms with van der Waals surface area (Å²) < 4.78 is 50.8. The third kappa shape index (κ3) is 10.1. The number of ether oxygens (including phenoxy) is 2. The lowest BCUT2D eigenvalue weighted by Crippen LogP contribution is -2.47. The van der Waals surface area contributed by atoms with Gasteiger partial charge in [0.15, 0.2) is 11.4 Å². The zero-order valence-corrected chi connectivity index (χ0v) is 32.0. The van der Waals surface area contributed by atoms with E-state index in [-0.39, 0.29) is 30.1 Å². The molecule has 3 heterocycles. The lowest BCUT2D eigenvalue weighted by molar-refractivity contribution is -0.106. The molecule has 55 heavy (non-hydrogen) atoms. The van der Waals surface area contributed by atoms with Crippen LogP contribution < -0.4 is 5.73 Å². The van der Waals surface area contributed by atoms with Crippen molar-refractivity contribution in [3.63, 3.8) is 0 Å². The average molecular weight is 781 g/mol. The third-order valence-corrected chi connectivity index (χ3v) is 11.1. The fourth-order valence-corrected chi connectivity index (χ4v) is 7.89. The third-order valence-electron chi connectivity index (χ3n) is 10.2. The van der Waals surface area contributed by atoms with Crippen LogP contribution in [0.15, 0.2) is 36.7 Å². The van der Waals surface area contributed by atoms with Gasteiger partial charge in [0, 0.05) is 12.8 Å². The molecule has 3 aromatic rings. The Bertz CT molecular complexity index is 1960. The Balaban J connectivity index is 1.12. The number of aliphatic hydroxyl groups excluding tert-OH is 1. The Kier molecular flexibility index (Phi) is 14.8. The number of anilines is 1. The van der Waals surface area contributed by atoms with E-state index in [1.807, 2.05) is 6.07 Å². The molecule has 1 saturated carbocycles. The van der Waals surface area contributed by atoms with Gasteiger partial charge in [-0.3, -0.25) is 9.05 Å². The van der Waals surface area contributed by atoms with Gasteiger partial charge in [0.2, 0.25) is 5.60 Å². The molecule has 296 valence electrons. The number of hydrogen-bond acceptors (Lipinski definition) is 12. The van der Waals surface area contributed by atoms with E-state index in [4.69, 9.17) is 29.5 Å². The minimum Gasteiger partial charge on any atom is -0.385 e. The summed E-state index contributed by atoms with van der Waals surface area (Å²) in [6.45, 7) is 1.67. The number of fused-ring (bicyclic) bond motifs is 2. The number of halogens is 1. The maximum atomic E-state index is 14.2. The Morgan fingerprint density at radius 2 is 1.75 bits per heavy atom. The van der Waals surface area contributed by atoms with Crippen LogP contribution in [0.1, 0.15) is 114 Å². The number of aliphatic hydroxyl groups is 2. The van der Waals surface area contributed by atoms with Crippen LogP contribution in [0.4, 0.5) is 10.2 Å². The Hall–Kier alpha value is -3.94. The van der Waals surface area contributed by atoms with E-state index in [0.717, 1.165) is 25.6 Å². The molecule has 7 atom stereocenters. The predicted molar refractivity (Wildman–Crippen MR) is 199 cm³/mol. The topological polar surface area (TPSA) is 218 Å². The fourth-order valence-electron chi connectivity index (χ4n) is 6.91. The summed E-state index contributed by atoms with van der Waals surface area (Å²) in [5.41, 5.74) is 2.29. The van der Waals surface area contributed by atoms with E-state index in [9.17, 15) is 29.3 Å². The zero-order chi connectivity index (χ0) is 39.5. The van der Waals surface area contributed by atoms with Crippen LogP contribution >= 0.6 is 7.82 Å².